The summed E-state index contributed by atoms with van der Waals surface area (Å²) in [5, 5.41) is 14.6. The molecule has 0 aliphatic rings. The van der Waals surface area contributed by atoms with Crippen LogP contribution in [0.1, 0.15) is 36.8 Å². The van der Waals surface area contributed by atoms with E-state index in [-0.39, 0.29) is 17.1 Å². The maximum absolute atomic E-state index is 10.9. The molecule has 0 saturated heterocycles. The highest BCUT2D eigenvalue weighted by molar-refractivity contribution is 5.71. The van der Waals surface area contributed by atoms with Gasteiger partial charge in [0.1, 0.15) is 5.75 Å². The van der Waals surface area contributed by atoms with Crippen LogP contribution in [0.25, 0.3) is 12.2 Å². The van der Waals surface area contributed by atoms with Crippen molar-refractivity contribution < 1.29 is 14.2 Å². The molecule has 1 aromatic heterocycles. The van der Waals surface area contributed by atoms with Crippen molar-refractivity contribution in [3.8, 4) is 5.75 Å². The van der Waals surface area contributed by atoms with Gasteiger partial charge in [-0.3, -0.25) is 10.1 Å². The number of rotatable bonds is 7. The first-order chi connectivity index (χ1) is 10.6. The van der Waals surface area contributed by atoms with E-state index in [0.29, 0.717) is 6.61 Å². The van der Waals surface area contributed by atoms with Crippen molar-refractivity contribution in [3.63, 3.8) is 0 Å². The van der Waals surface area contributed by atoms with Crippen LogP contribution in [0, 0.1) is 17.0 Å². The van der Waals surface area contributed by atoms with Crippen LogP contribution in [0.15, 0.2) is 28.8 Å². The molecule has 0 aliphatic carbocycles. The van der Waals surface area contributed by atoms with Gasteiger partial charge in [-0.2, -0.15) is 0 Å². The quantitative estimate of drug-likeness (QED) is 0.434. The third-order valence-corrected chi connectivity index (χ3v) is 3.11. The van der Waals surface area contributed by atoms with E-state index in [2.05, 4.69) is 12.1 Å². The lowest BCUT2D eigenvalue weighted by Crippen LogP contribution is -1.95. The Morgan fingerprint density at radius 3 is 2.68 bits per heavy atom. The van der Waals surface area contributed by atoms with Crippen LogP contribution in [0.5, 0.6) is 5.75 Å². The summed E-state index contributed by atoms with van der Waals surface area (Å²) in [6, 6.07) is 7.50. The summed E-state index contributed by atoms with van der Waals surface area (Å²) < 4.78 is 10.5. The normalized spacial score (nSPS) is 11.0. The van der Waals surface area contributed by atoms with Gasteiger partial charge in [0.15, 0.2) is 5.69 Å². The van der Waals surface area contributed by atoms with Crippen LogP contribution >= 0.6 is 0 Å². The van der Waals surface area contributed by atoms with E-state index in [0.717, 1.165) is 24.2 Å². The largest absolute Gasteiger partial charge is 0.494 e. The van der Waals surface area contributed by atoms with Gasteiger partial charge < -0.3 is 9.26 Å². The fourth-order valence-electron chi connectivity index (χ4n) is 1.90. The van der Waals surface area contributed by atoms with Crippen LogP contribution in [0.4, 0.5) is 5.69 Å². The van der Waals surface area contributed by atoms with Gasteiger partial charge in [-0.1, -0.05) is 36.7 Å². The van der Waals surface area contributed by atoms with E-state index in [1.54, 1.807) is 19.1 Å². The van der Waals surface area contributed by atoms with Crippen LogP contribution in [-0.4, -0.2) is 16.7 Å². The first kappa shape index (κ1) is 15.8. The number of aryl methyl sites for hydroxylation is 1. The Balaban J connectivity index is 2.06. The third-order valence-electron chi connectivity index (χ3n) is 3.11. The van der Waals surface area contributed by atoms with Crippen molar-refractivity contribution in [3.05, 3.63) is 51.4 Å². The molecule has 0 unspecified atom stereocenters. The first-order valence-electron chi connectivity index (χ1n) is 7.13. The predicted molar refractivity (Wildman–Crippen MR) is 83.7 cm³/mol. The van der Waals surface area contributed by atoms with Gasteiger partial charge in [0.2, 0.25) is 5.76 Å². The second-order valence-electron chi connectivity index (χ2n) is 4.84. The number of hydrogen-bond acceptors (Lipinski definition) is 5. The molecule has 6 heteroatoms. The van der Waals surface area contributed by atoms with Crippen LogP contribution in [-0.2, 0) is 0 Å². The summed E-state index contributed by atoms with van der Waals surface area (Å²) >= 11 is 0. The summed E-state index contributed by atoms with van der Waals surface area (Å²) in [4.78, 5) is 10.5. The monoisotopic (exact) mass is 302 g/mol. The lowest BCUT2D eigenvalue weighted by Gasteiger charge is -2.04. The zero-order chi connectivity index (χ0) is 15.9. The smallest absolute Gasteiger partial charge is 0.338 e. The van der Waals surface area contributed by atoms with E-state index in [9.17, 15) is 10.1 Å². The molecule has 2 aromatic rings. The SMILES string of the molecule is CCCCOc1ccc(C=Cc2onc(C)c2[N+](=O)[O-])cc1. The Morgan fingerprint density at radius 2 is 2.05 bits per heavy atom. The van der Waals surface area contributed by atoms with Gasteiger partial charge >= 0.3 is 5.69 Å². The van der Waals surface area contributed by atoms with Gasteiger partial charge in [-0.05, 0) is 37.1 Å². The average Bonchev–Trinajstić information content (AvgIpc) is 2.88. The predicted octanol–water partition coefficient (Wildman–Crippen LogP) is 4.24. The fourth-order valence-corrected chi connectivity index (χ4v) is 1.90. The second kappa shape index (κ2) is 7.40. The van der Waals surface area contributed by atoms with E-state index < -0.39 is 4.92 Å². The Bertz CT molecular complexity index is 659. The summed E-state index contributed by atoms with van der Waals surface area (Å²) in [6.07, 6.45) is 5.40. The molecule has 116 valence electrons. The number of nitrogens with zero attached hydrogens (tertiary/aromatic N) is 2. The number of unbranched alkanes of at least 4 members (excludes halogenated alkanes) is 1. The van der Waals surface area contributed by atoms with Gasteiger partial charge in [0.05, 0.1) is 11.5 Å². The maximum atomic E-state index is 10.9. The molecule has 2 rings (SSSR count). The molecule has 0 bridgehead atoms. The Morgan fingerprint density at radius 1 is 1.32 bits per heavy atom. The molecule has 0 atom stereocenters. The molecular formula is C16H18N2O4. The number of hydrogen-bond donors (Lipinski definition) is 0. The standard InChI is InChI=1S/C16H18N2O4/c1-3-4-11-21-14-8-5-13(6-9-14)7-10-15-16(18(19)20)12(2)17-22-15/h5-10H,3-4,11H2,1-2H3. The zero-order valence-electron chi connectivity index (χ0n) is 12.6. The van der Waals surface area contributed by atoms with E-state index in [1.165, 1.54) is 0 Å². The Labute approximate surface area is 128 Å². The summed E-state index contributed by atoms with van der Waals surface area (Å²) in [7, 11) is 0. The lowest BCUT2D eigenvalue weighted by atomic mass is 10.2. The van der Waals surface area contributed by atoms with E-state index >= 15 is 0 Å². The van der Waals surface area contributed by atoms with E-state index in [1.807, 2.05) is 24.3 Å². The molecule has 6 nitrogen and oxygen atoms in total. The van der Waals surface area contributed by atoms with Gasteiger partial charge in [-0.15, -0.1) is 0 Å². The average molecular weight is 302 g/mol. The number of nitro groups is 1. The van der Waals surface area contributed by atoms with Gasteiger partial charge in [-0.25, -0.2) is 0 Å². The fraction of sp³-hybridized carbons (Fsp3) is 0.312. The minimum Gasteiger partial charge on any atom is -0.494 e. The zero-order valence-corrected chi connectivity index (χ0v) is 12.6. The highest BCUT2D eigenvalue weighted by Crippen LogP contribution is 2.24. The highest BCUT2D eigenvalue weighted by Gasteiger charge is 2.21. The number of ether oxygens (including phenoxy) is 1. The van der Waals surface area contributed by atoms with Crippen molar-refractivity contribution in [2.24, 2.45) is 0 Å². The van der Waals surface area contributed by atoms with Crippen molar-refractivity contribution in [1.82, 2.24) is 5.16 Å². The minimum atomic E-state index is -0.490. The van der Waals surface area contributed by atoms with Crippen molar-refractivity contribution in [2.45, 2.75) is 26.7 Å². The van der Waals surface area contributed by atoms with Crippen LogP contribution in [0.2, 0.25) is 0 Å². The molecule has 1 heterocycles. The van der Waals surface area contributed by atoms with Crippen molar-refractivity contribution in [2.75, 3.05) is 6.61 Å². The molecule has 22 heavy (non-hydrogen) atoms. The first-order valence-corrected chi connectivity index (χ1v) is 7.13. The minimum absolute atomic E-state index is 0.101. The molecular weight excluding hydrogens is 284 g/mol. The van der Waals surface area contributed by atoms with Crippen molar-refractivity contribution >= 4 is 17.8 Å². The highest BCUT2D eigenvalue weighted by atomic mass is 16.6. The number of aromatic nitrogens is 1. The Kier molecular flexibility index (Phi) is 5.30. The lowest BCUT2D eigenvalue weighted by molar-refractivity contribution is -0.386. The van der Waals surface area contributed by atoms with E-state index in [4.69, 9.17) is 9.26 Å². The van der Waals surface area contributed by atoms with Crippen LogP contribution in [0.3, 0.4) is 0 Å². The summed E-state index contributed by atoms with van der Waals surface area (Å²) in [5.41, 5.74) is 1.06. The van der Waals surface area contributed by atoms with Gasteiger partial charge in [0, 0.05) is 0 Å². The van der Waals surface area contributed by atoms with Crippen LogP contribution < -0.4 is 4.74 Å². The molecule has 0 radical (unpaired) electrons. The molecule has 0 amide bonds. The molecule has 0 fully saturated rings. The van der Waals surface area contributed by atoms with Gasteiger partial charge in [0.25, 0.3) is 0 Å². The Hall–Kier alpha value is -2.63. The molecule has 0 aliphatic heterocycles. The van der Waals surface area contributed by atoms with Crippen molar-refractivity contribution in [1.29, 1.82) is 0 Å². The molecule has 0 spiro atoms. The molecule has 1 aromatic carbocycles. The molecule has 0 saturated carbocycles. The second-order valence-corrected chi connectivity index (χ2v) is 4.84. The topological polar surface area (TPSA) is 78.4 Å². The third kappa shape index (κ3) is 3.94. The maximum Gasteiger partial charge on any atom is 0.338 e. The summed E-state index contributed by atoms with van der Waals surface area (Å²) in [5.74, 6) is 0.956. The summed E-state index contributed by atoms with van der Waals surface area (Å²) in [6.45, 7) is 4.36. The molecule has 0 N–H and O–H groups in total. The number of benzene rings is 1.